The van der Waals surface area contributed by atoms with E-state index in [0.717, 1.165) is 51.3 Å². The Morgan fingerprint density at radius 3 is 2.65 bits per heavy atom. The number of nitrogens with zero attached hydrogens (tertiary/aromatic N) is 1. The molecule has 0 spiro atoms. The van der Waals surface area contributed by atoms with E-state index < -0.39 is 10.0 Å². The lowest BCUT2D eigenvalue weighted by Crippen LogP contribution is -2.47. The first-order valence-corrected chi connectivity index (χ1v) is 11.5. The van der Waals surface area contributed by atoms with E-state index in [9.17, 15) is 8.42 Å². The molecule has 1 aromatic carbocycles. The van der Waals surface area contributed by atoms with Crippen LogP contribution in [0.25, 0.3) is 0 Å². The second-order valence-corrected chi connectivity index (χ2v) is 9.83. The number of unbranched alkanes of at least 4 members (excludes halogenated alkanes) is 1. The predicted molar refractivity (Wildman–Crippen MR) is 102 cm³/mol. The lowest BCUT2D eigenvalue weighted by atomic mass is 10.1. The van der Waals surface area contributed by atoms with Gasteiger partial charge in [0, 0.05) is 25.2 Å². The summed E-state index contributed by atoms with van der Waals surface area (Å²) in [6.45, 7) is 4.66. The first-order valence-electron chi connectivity index (χ1n) is 10.0. The second kappa shape index (κ2) is 7.58. The van der Waals surface area contributed by atoms with Crippen molar-refractivity contribution in [2.75, 3.05) is 19.7 Å². The fourth-order valence-electron chi connectivity index (χ4n) is 4.24. The first kappa shape index (κ1) is 18.4. The third-order valence-electron chi connectivity index (χ3n) is 5.97. The molecule has 0 amide bonds. The molecule has 2 heterocycles. The highest BCUT2D eigenvalue weighted by Crippen LogP contribution is 2.38. The van der Waals surface area contributed by atoms with Gasteiger partial charge in [0.2, 0.25) is 10.0 Å². The molecule has 3 aliphatic rings. The third kappa shape index (κ3) is 4.14. The van der Waals surface area contributed by atoms with E-state index >= 15 is 0 Å². The van der Waals surface area contributed by atoms with Gasteiger partial charge in [-0.05, 0) is 55.7 Å². The molecule has 2 saturated heterocycles. The summed E-state index contributed by atoms with van der Waals surface area (Å²) in [5.74, 6) is 0.734. The van der Waals surface area contributed by atoms with Crippen molar-refractivity contribution in [3.8, 4) is 0 Å². The van der Waals surface area contributed by atoms with E-state index in [1.807, 2.05) is 12.1 Å². The van der Waals surface area contributed by atoms with Crippen molar-refractivity contribution in [2.24, 2.45) is 5.92 Å². The molecule has 5 nitrogen and oxygen atoms in total. The van der Waals surface area contributed by atoms with Crippen LogP contribution in [0, 0.1) is 5.92 Å². The van der Waals surface area contributed by atoms with Crippen molar-refractivity contribution in [1.82, 2.24) is 9.62 Å². The number of morpholine rings is 1. The fourth-order valence-corrected chi connectivity index (χ4v) is 5.48. The Morgan fingerprint density at radius 1 is 1.19 bits per heavy atom. The Bertz CT molecular complexity index is 715. The Labute approximate surface area is 157 Å². The van der Waals surface area contributed by atoms with Gasteiger partial charge in [0.1, 0.15) is 0 Å². The molecule has 1 N–H and O–H groups in total. The quantitative estimate of drug-likeness (QED) is 0.792. The minimum atomic E-state index is -3.46. The van der Waals surface area contributed by atoms with Crippen molar-refractivity contribution in [1.29, 1.82) is 0 Å². The number of hydrogen-bond donors (Lipinski definition) is 1. The largest absolute Gasteiger partial charge is 0.375 e. The highest BCUT2D eigenvalue weighted by atomic mass is 32.2. The molecule has 3 fully saturated rings. The minimum absolute atomic E-state index is 0.0219. The van der Waals surface area contributed by atoms with Gasteiger partial charge in [-0.1, -0.05) is 25.5 Å². The number of fused-ring (bicyclic) bond motifs is 1. The van der Waals surface area contributed by atoms with Gasteiger partial charge in [-0.2, -0.15) is 0 Å². The molecule has 0 radical (unpaired) electrons. The molecular weight excluding hydrogens is 348 g/mol. The number of benzene rings is 1. The van der Waals surface area contributed by atoms with Crippen molar-refractivity contribution in [3.63, 3.8) is 0 Å². The molecule has 26 heavy (non-hydrogen) atoms. The van der Waals surface area contributed by atoms with Gasteiger partial charge in [-0.15, -0.1) is 0 Å². The SMILES string of the molecule is CCCCc1ccc(S(=O)(=O)N[C@H]2C[C@H]3CO[C@H](C4CC4)CN3C2)cc1. The van der Waals surface area contributed by atoms with Gasteiger partial charge in [-0.3, -0.25) is 4.90 Å². The lowest BCUT2D eigenvalue weighted by Gasteiger charge is -2.35. The van der Waals surface area contributed by atoms with Crippen LogP contribution in [0.15, 0.2) is 29.2 Å². The standard InChI is InChI=1S/C20H30N2O3S/c1-2-3-4-15-5-9-19(10-6-15)26(23,24)21-17-11-18-14-25-20(16-7-8-16)13-22(18)12-17/h5-6,9-10,16-18,20-21H,2-4,7-8,11-14H2,1H3/t17-,18-,20-/m0/s1. The van der Waals surface area contributed by atoms with Crippen LogP contribution in [0.2, 0.25) is 0 Å². The van der Waals surface area contributed by atoms with Gasteiger partial charge in [0.15, 0.2) is 0 Å². The second-order valence-electron chi connectivity index (χ2n) is 8.12. The van der Waals surface area contributed by atoms with E-state index in [4.69, 9.17) is 4.74 Å². The van der Waals surface area contributed by atoms with Gasteiger partial charge in [0.25, 0.3) is 0 Å². The molecular formula is C20H30N2O3S. The van der Waals surface area contributed by atoms with Gasteiger partial charge >= 0.3 is 0 Å². The van der Waals surface area contributed by atoms with Gasteiger partial charge in [-0.25, -0.2) is 13.1 Å². The zero-order valence-corrected chi connectivity index (χ0v) is 16.4. The Morgan fingerprint density at radius 2 is 1.96 bits per heavy atom. The molecule has 0 aromatic heterocycles. The molecule has 1 aromatic rings. The molecule has 1 saturated carbocycles. The number of aryl methyl sites for hydroxylation is 1. The Kier molecular flexibility index (Phi) is 5.37. The summed E-state index contributed by atoms with van der Waals surface area (Å²) in [6, 6.07) is 7.69. The highest BCUT2D eigenvalue weighted by molar-refractivity contribution is 7.89. The van der Waals surface area contributed by atoms with Crippen LogP contribution < -0.4 is 4.72 Å². The van der Waals surface area contributed by atoms with Crippen LogP contribution in [0.5, 0.6) is 0 Å². The Balaban J connectivity index is 1.35. The zero-order chi connectivity index (χ0) is 18.1. The summed E-state index contributed by atoms with van der Waals surface area (Å²) >= 11 is 0. The number of nitrogens with one attached hydrogen (secondary N) is 1. The van der Waals surface area contributed by atoms with Crippen molar-refractivity contribution in [3.05, 3.63) is 29.8 Å². The lowest BCUT2D eigenvalue weighted by molar-refractivity contribution is -0.0581. The van der Waals surface area contributed by atoms with E-state index in [1.165, 1.54) is 18.4 Å². The number of sulfonamides is 1. The van der Waals surface area contributed by atoms with Crippen molar-refractivity contribution >= 4 is 10.0 Å². The summed E-state index contributed by atoms with van der Waals surface area (Å²) in [5.41, 5.74) is 1.20. The van der Waals surface area contributed by atoms with Crippen LogP contribution >= 0.6 is 0 Å². The maximum absolute atomic E-state index is 12.7. The molecule has 144 valence electrons. The van der Waals surface area contributed by atoms with Crippen LogP contribution in [0.3, 0.4) is 0 Å². The van der Waals surface area contributed by atoms with Crippen LogP contribution in [-0.4, -0.2) is 51.2 Å². The average Bonchev–Trinajstić information content (AvgIpc) is 3.40. The predicted octanol–water partition coefficient (Wildman–Crippen LogP) is 2.56. The summed E-state index contributed by atoms with van der Waals surface area (Å²) in [6.07, 6.45) is 7.05. The molecule has 3 atom stereocenters. The normalized spacial score (nSPS) is 29.7. The first-order chi connectivity index (χ1) is 12.5. The molecule has 2 aliphatic heterocycles. The fraction of sp³-hybridized carbons (Fsp3) is 0.700. The van der Waals surface area contributed by atoms with Gasteiger partial charge in [0.05, 0.1) is 17.6 Å². The minimum Gasteiger partial charge on any atom is -0.375 e. The van der Waals surface area contributed by atoms with E-state index in [1.54, 1.807) is 12.1 Å². The number of ether oxygens (including phenoxy) is 1. The molecule has 0 bridgehead atoms. The van der Waals surface area contributed by atoms with E-state index in [2.05, 4.69) is 16.5 Å². The van der Waals surface area contributed by atoms with E-state index in [0.29, 0.717) is 17.0 Å². The van der Waals surface area contributed by atoms with Crippen molar-refractivity contribution in [2.45, 2.75) is 68.5 Å². The number of rotatable bonds is 7. The summed E-state index contributed by atoms with van der Waals surface area (Å²) in [4.78, 5) is 2.79. The Hall–Kier alpha value is -0.950. The smallest absolute Gasteiger partial charge is 0.240 e. The summed E-state index contributed by atoms with van der Waals surface area (Å²) < 4.78 is 34.4. The topological polar surface area (TPSA) is 58.6 Å². The van der Waals surface area contributed by atoms with Crippen molar-refractivity contribution < 1.29 is 13.2 Å². The van der Waals surface area contributed by atoms with Crippen LogP contribution in [-0.2, 0) is 21.2 Å². The monoisotopic (exact) mass is 378 g/mol. The summed E-state index contributed by atoms with van der Waals surface area (Å²) in [5, 5.41) is 0. The zero-order valence-electron chi connectivity index (χ0n) is 15.6. The molecule has 4 rings (SSSR count). The average molecular weight is 379 g/mol. The maximum Gasteiger partial charge on any atom is 0.240 e. The molecule has 6 heteroatoms. The third-order valence-corrected chi connectivity index (χ3v) is 7.50. The summed E-state index contributed by atoms with van der Waals surface area (Å²) in [7, 11) is -3.46. The molecule has 0 unspecified atom stereocenters. The van der Waals surface area contributed by atoms with Crippen LogP contribution in [0.1, 0.15) is 44.6 Å². The highest BCUT2D eigenvalue weighted by Gasteiger charge is 2.43. The molecule has 1 aliphatic carbocycles. The van der Waals surface area contributed by atoms with Gasteiger partial charge < -0.3 is 4.74 Å². The number of hydrogen-bond acceptors (Lipinski definition) is 4. The van der Waals surface area contributed by atoms with E-state index in [-0.39, 0.29) is 6.04 Å². The maximum atomic E-state index is 12.7. The van der Waals surface area contributed by atoms with Crippen LogP contribution in [0.4, 0.5) is 0 Å².